The van der Waals surface area contributed by atoms with Gasteiger partial charge in [0.1, 0.15) is 11.5 Å². The average molecular weight is 395 g/mol. The number of rotatable bonds is 3. The predicted molar refractivity (Wildman–Crippen MR) is 108 cm³/mol. The van der Waals surface area contributed by atoms with Crippen molar-refractivity contribution in [2.75, 3.05) is 14.2 Å². The second-order valence-corrected chi connectivity index (χ2v) is 7.30. The van der Waals surface area contributed by atoms with E-state index in [0.29, 0.717) is 11.5 Å². The third-order valence-corrected chi connectivity index (χ3v) is 5.86. The van der Waals surface area contributed by atoms with E-state index < -0.39 is 16.7 Å². The quantitative estimate of drug-likeness (QED) is 0.533. The zero-order chi connectivity index (χ0) is 19.9. The van der Waals surface area contributed by atoms with Gasteiger partial charge in [-0.3, -0.25) is 5.73 Å². The Balaban J connectivity index is 2.03. The van der Waals surface area contributed by atoms with E-state index in [4.69, 9.17) is 31.5 Å². The van der Waals surface area contributed by atoms with Gasteiger partial charge in [0, 0.05) is 18.1 Å². The van der Waals surface area contributed by atoms with E-state index >= 15 is 0 Å². The smallest absolute Gasteiger partial charge is 0.302 e. The lowest BCUT2D eigenvalue weighted by atomic mass is 9.75. The first-order valence-electron chi connectivity index (χ1n) is 8.76. The number of benzene rings is 3. The summed E-state index contributed by atoms with van der Waals surface area (Å²) >= 11 is 6.85. The second-order valence-electron chi connectivity index (χ2n) is 6.71. The van der Waals surface area contributed by atoms with Crippen LogP contribution in [0.4, 0.5) is 0 Å². The highest BCUT2D eigenvalue weighted by Gasteiger charge is 2.62. The van der Waals surface area contributed by atoms with E-state index in [1.54, 1.807) is 7.11 Å². The first kappa shape index (κ1) is 18.6. The van der Waals surface area contributed by atoms with E-state index in [0.717, 1.165) is 21.9 Å². The molecule has 2 N–H and O–H groups in total. The van der Waals surface area contributed by atoms with E-state index in [9.17, 15) is 5.26 Å². The number of alkyl halides is 1. The number of nitrogens with two attached hydrogens (primary N) is 1. The van der Waals surface area contributed by atoms with Gasteiger partial charge in [0.05, 0.1) is 19.1 Å². The summed E-state index contributed by atoms with van der Waals surface area (Å²) < 4.78 is 16.8. The maximum atomic E-state index is 10.0. The molecule has 5 nitrogen and oxygen atoms in total. The van der Waals surface area contributed by atoms with E-state index in [-0.39, 0.29) is 0 Å². The molecule has 3 atom stereocenters. The topological polar surface area (TPSA) is 77.5 Å². The fourth-order valence-corrected chi connectivity index (χ4v) is 4.14. The summed E-state index contributed by atoms with van der Waals surface area (Å²) in [5.74, 6) is -1.15. The van der Waals surface area contributed by atoms with Gasteiger partial charge in [-0.2, -0.15) is 5.26 Å². The molecule has 6 heteroatoms. The minimum atomic E-state index is -1.84. The summed E-state index contributed by atoms with van der Waals surface area (Å²) in [6, 6.07) is 21.3. The van der Waals surface area contributed by atoms with Gasteiger partial charge < -0.3 is 14.2 Å². The van der Waals surface area contributed by atoms with Crippen LogP contribution in [-0.4, -0.2) is 25.0 Å². The van der Waals surface area contributed by atoms with Crippen molar-refractivity contribution in [2.45, 2.75) is 16.7 Å². The molecule has 1 aliphatic heterocycles. The minimum Gasteiger partial charge on any atom is -0.497 e. The predicted octanol–water partition coefficient (Wildman–Crippen LogP) is 4.13. The first-order valence-corrected chi connectivity index (χ1v) is 9.14. The van der Waals surface area contributed by atoms with Crippen molar-refractivity contribution in [3.63, 3.8) is 0 Å². The molecule has 0 aromatic heterocycles. The third-order valence-electron chi connectivity index (χ3n) is 5.29. The number of methoxy groups -OCH3 is 2. The Kier molecular flexibility index (Phi) is 4.43. The molecule has 28 heavy (non-hydrogen) atoms. The third kappa shape index (κ3) is 2.54. The molecule has 3 aromatic rings. The Bertz CT molecular complexity index is 1080. The van der Waals surface area contributed by atoms with Gasteiger partial charge >= 0.3 is 5.91 Å². The van der Waals surface area contributed by atoms with Crippen molar-refractivity contribution in [1.29, 1.82) is 5.26 Å². The molecule has 1 heterocycles. The van der Waals surface area contributed by atoms with Crippen LogP contribution < -0.4 is 15.2 Å². The number of nitrogens with zero attached hydrogens (tertiary/aromatic N) is 1. The normalized spacial score (nSPS) is 26.2. The molecule has 3 unspecified atom stereocenters. The van der Waals surface area contributed by atoms with E-state index in [1.165, 1.54) is 7.11 Å². The Morgan fingerprint density at radius 3 is 2.43 bits per heavy atom. The molecule has 0 spiro atoms. The van der Waals surface area contributed by atoms with Crippen LogP contribution in [0.25, 0.3) is 10.8 Å². The van der Waals surface area contributed by atoms with Crippen LogP contribution in [0.15, 0.2) is 60.7 Å². The number of hydrogen-bond acceptors (Lipinski definition) is 5. The van der Waals surface area contributed by atoms with Crippen LogP contribution in [0.3, 0.4) is 0 Å². The monoisotopic (exact) mass is 394 g/mol. The number of hydrogen-bond donors (Lipinski definition) is 1. The molecular formula is C22H19ClN2O3. The molecular weight excluding hydrogens is 376 g/mol. The molecule has 4 rings (SSSR count). The van der Waals surface area contributed by atoms with Crippen molar-refractivity contribution < 1.29 is 14.2 Å². The van der Waals surface area contributed by atoms with Crippen LogP contribution >= 0.6 is 11.6 Å². The van der Waals surface area contributed by atoms with Gasteiger partial charge in [-0.15, -0.1) is 0 Å². The molecule has 0 saturated carbocycles. The molecule has 0 fully saturated rings. The Labute approximate surface area is 168 Å². The van der Waals surface area contributed by atoms with Gasteiger partial charge in [-0.05, 0) is 23.1 Å². The lowest BCUT2D eigenvalue weighted by Crippen LogP contribution is -2.66. The molecule has 142 valence electrons. The van der Waals surface area contributed by atoms with Crippen molar-refractivity contribution in [3.05, 3.63) is 71.8 Å². The van der Waals surface area contributed by atoms with Crippen molar-refractivity contribution in [2.24, 2.45) is 5.73 Å². The largest absolute Gasteiger partial charge is 0.497 e. The van der Waals surface area contributed by atoms with Gasteiger partial charge in [0.2, 0.25) is 4.87 Å². The summed E-state index contributed by atoms with van der Waals surface area (Å²) in [5, 5.41) is 11.9. The Morgan fingerprint density at radius 1 is 1.07 bits per heavy atom. The van der Waals surface area contributed by atoms with Crippen LogP contribution in [0.2, 0.25) is 0 Å². The van der Waals surface area contributed by atoms with Crippen molar-refractivity contribution in [1.82, 2.24) is 0 Å². The lowest BCUT2D eigenvalue weighted by Gasteiger charge is -2.47. The number of nitriles is 1. The fraction of sp³-hybridized carbons (Fsp3) is 0.227. The fourth-order valence-electron chi connectivity index (χ4n) is 3.78. The van der Waals surface area contributed by atoms with E-state index in [2.05, 4.69) is 6.07 Å². The zero-order valence-electron chi connectivity index (χ0n) is 15.5. The molecule has 0 amide bonds. The molecule has 0 saturated heterocycles. The Hall–Kier alpha value is -2.78. The van der Waals surface area contributed by atoms with Crippen molar-refractivity contribution >= 4 is 22.4 Å². The zero-order valence-corrected chi connectivity index (χ0v) is 16.2. The number of halogens is 1. The Morgan fingerprint density at radius 2 is 1.79 bits per heavy atom. The van der Waals surface area contributed by atoms with Crippen LogP contribution in [0, 0.1) is 11.3 Å². The van der Waals surface area contributed by atoms with Gasteiger partial charge in [-0.25, -0.2) is 0 Å². The van der Waals surface area contributed by atoms with Crippen molar-refractivity contribution in [3.8, 4) is 17.6 Å². The maximum Gasteiger partial charge on any atom is 0.302 e. The summed E-state index contributed by atoms with van der Waals surface area (Å²) in [5.41, 5.74) is 8.00. The van der Waals surface area contributed by atoms with Gasteiger partial charge in [0.15, 0.2) is 0 Å². The SMILES string of the molecule is COc1ccc(C2c3ccc4ccccc4c3OC(N)(OC)C2(Cl)C#N)cc1. The standard InChI is InChI=1S/C22H19ClN2O3/c1-26-16-10-7-15(8-11-16)19-18-12-9-14-5-3-4-6-17(14)20(18)28-22(25,27-2)21(19,23)13-24/h3-12,19H,25H2,1-2H3. The molecule has 1 aliphatic rings. The maximum absolute atomic E-state index is 10.0. The molecule has 3 aromatic carbocycles. The van der Waals surface area contributed by atoms with Crippen LogP contribution in [0.5, 0.6) is 11.5 Å². The summed E-state index contributed by atoms with van der Waals surface area (Å²) in [6.07, 6.45) is 0. The molecule has 0 radical (unpaired) electrons. The van der Waals surface area contributed by atoms with E-state index in [1.807, 2.05) is 60.7 Å². The van der Waals surface area contributed by atoms with Gasteiger partial charge in [-0.1, -0.05) is 60.1 Å². The summed E-state index contributed by atoms with van der Waals surface area (Å²) in [4.78, 5) is -1.69. The number of ether oxygens (including phenoxy) is 3. The van der Waals surface area contributed by atoms with Crippen LogP contribution in [0.1, 0.15) is 17.0 Å². The summed E-state index contributed by atoms with van der Waals surface area (Å²) in [6.45, 7) is 0. The average Bonchev–Trinajstić information content (AvgIpc) is 2.74. The highest BCUT2D eigenvalue weighted by molar-refractivity contribution is 6.27. The minimum absolute atomic E-state index is 0.565. The first-order chi connectivity index (χ1) is 13.5. The molecule has 0 aliphatic carbocycles. The highest BCUT2D eigenvalue weighted by Crippen LogP contribution is 2.54. The summed E-state index contributed by atoms with van der Waals surface area (Å²) in [7, 11) is 2.98. The van der Waals surface area contributed by atoms with Crippen LogP contribution in [-0.2, 0) is 4.74 Å². The number of fused-ring (bicyclic) bond motifs is 3. The molecule has 0 bridgehead atoms. The lowest BCUT2D eigenvalue weighted by molar-refractivity contribution is -0.184. The second kappa shape index (κ2) is 6.68. The van der Waals surface area contributed by atoms with Gasteiger partial charge in [0.25, 0.3) is 0 Å². The highest BCUT2D eigenvalue weighted by atomic mass is 35.5.